The van der Waals surface area contributed by atoms with Gasteiger partial charge in [0.1, 0.15) is 5.75 Å². The van der Waals surface area contributed by atoms with E-state index in [2.05, 4.69) is 28.9 Å². The lowest BCUT2D eigenvalue weighted by Crippen LogP contribution is -2.31. The van der Waals surface area contributed by atoms with Gasteiger partial charge in [0.15, 0.2) is 0 Å². The van der Waals surface area contributed by atoms with E-state index in [0.29, 0.717) is 0 Å². The van der Waals surface area contributed by atoms with Crippen LogP contribution in [0.1, 0.15) is 25.3 Å². The Kier molecular flexibility index (Phi) is 2.77. The van der Waals surface area contributed by atoms with E-state index in [4.69, 9.17) is 10.5 Å². The smallest absolute Gasteiger partial charge is 0.122 e. The first-order chi connectivity index (χ1) is 7.10. The summed E-state index contributed by atoms with van der Waals surface area (Å²) in [5, 5.41) is 0. The van der Waals surface area contributed by atoms with Crippen LogP contribution in [0.15, 0.2) is 22.7 Å². The maximum absolute atomic E-state index is 6.07. The molecule has 0 bridgehead atoms. The second kappa shape index (κ2) is 3.80. The normalized spacial score (nSPS) is 19.7. The van der Waals surface area contributed by atoms with E-state index < -0.39 is 0 Å². The fourth-order valence-corrected chi connectivity index (χ4v) is 2.54. The predicted molar refractivity (Wildman–Crippen MR) is 65.3 cm³/mol. The van der Waals surface area contributed by atoms with Crippen molar-refractivity contribution in [2.24, 2.45) is 5.73 Å². The van der Waals surface area contributed by atoms with Gasteiger partial charge in [0.25, 0.3) is 0 Å². The van der Waals surface area contributed by atoms with Crippen LogP contribution in [0, 0.1) is 0 Å². The maximum Gasteiger partial charge on any atom is 0.122 e. The molecule has 1 aromatic carbocycles. The van der Waals surface area contributed by atoms with Crippen molar-refractivity contribution in [1.29, 1.82) is 0 Å². The van der Waals surface area contributed by atoms with Crippen molar-refractivity contribution in [2.75, 3.05) is 7.11 Å². The highest BCUT2D eigenvalue weighted by Gasteiger charge is 2.49. The third-order valence-electron chi connectivity index (χ3n) is 3.36. The molecule has 82 valence electrons. The lowest BCUT2D eigenvalue weighted by molar-refractivity contribution is 0.398. The fraction of sp³-hybridized carbons (Fsp3) is 0.500. The van der Waals surface area contributed by atoms with E-state index in [9.17, 15) is 0 Å². The Bertz CT molecular complexity index is 372. The van der Waals surface area contributed by atoms with Crippen molar-refractivity contribution in [3.63, 3.8) is 0 Å². The Morgan fingerprint density at radius 2 is 2.13 bits per heavy atom. The van der Waals surface area contributed by atoms with Crippen molar-refractivity contribution < 1.29 is 4.74 Å². The molecule has 1 saturated carbocycles. The van der Waals surface area contributed by atoms with Crippen LogP contribution in [-0.2, 0) is 5.41 Å². The molecule has 0 aromatic heterocycles. The molecule has 1 unspecified atom stereocenters. The minimum atomic E-state index is 0.148. The number of nitrogens with two attached hydrogens (primary N) is 1. The summed E-state index contributed by atoms with van der Waals surface area (Å²) in [7, 11) is 1.71. The lowest BCUT2D eigenvalue weighted by atomic mass is 9.89. The molecule has 2 rings (SSSR count). The molecule has 0 amide bonds. The zero-order chi connectivity index (χ0) is 11.1. The third-order valence-corrected chi connectivity index (χ3v) is 3.85. The molecule has 2 N–H and O–H groups in total. The molecule has 1 fully saturated rings. The zero-order valence-corrected chi connectivity index (χ0v) is 10.7. The Balaban J connectivity index is 2.46. The van der Waals surface area contributed by atoms with Gasteiger partial charge >= 0.3 is 0 Å². The SMILES string of the molecule is COc1ccc(Br)cc1C1(C(C)N)CC1. The quantitative estimate of drug-likeness (QED) is 0.916. The van der Waals surface area contributed by atoms with Crippen LogP contribution < -0.4 is 10.5 Å². The Morgan fingerprint density at radius 3 is 2.60 bits per heavy atom. The number of rotatable bonds is 3. The van der Waals surface area contributed by atoms with Gasteiger partial charge in [0, 0.05) is 21.5 Å². The molecule has 0 saturated heterocycles. The average molecular weight is 270 g/mol. The summed E-state index contributed by atoms with van der Waals surface area (Å²) in [6.07, 6.45) is 2.33. The van der Waals surface area contributed by atoms with Gasteiger partial charge in [-0.15, -0.1) is 0 Å². The molecular weight excluding hydrogens is 254 g/mol. The van der Waals surface area contributed by atoms with E-state index in [-0.39, 0.29) is 11.5 Å². The average Bonchev–Trinajstić information content (AvgIpc) is 2.98. The molecule has 0 aliphatic heterocycles. The summed E-state index contributed by atoms with van der Waals surface area (Å²) in [5.74, 6) is 0.952. The van der Waals surface area contributed by atoms with Gasteiger partial charge in [0.05, 0.1) is 7.11 Å². The summed E-state index contributed by atoms with van der Waals surface area (Å²) in [5.41, 5.74) is 7.46. The van der Waals surface area contributed by atoms with Crippen LogP contribution in [-0.4, -0.2) is 13.2 Å². The number of hydrogen-bond donors (Lipinski definition) is 1. The maximum atomic E-state index is 6.07. The van der Waals surface area contributed by atoms with E-state index >= 15 is 0 Å². The molecule has 2 nitrogen and oxygen atoms in total. The monoisotopic (exact) mass is 269 g/mol. The van der Waals surface area contributed by atoms with Crippen molar-refractivity contribution in [3.8, 4) is 5.75 Å². The first-order valence-electron chi connectivity index (χ1n) is 5.20. The van der Waals surface area contributed by atoms with Crippen LogP contribution in [0.3, 0.4) is 0 Å². The number of hydrogen-bond acceptors (Lipinski definition) is 2. The van der Waals surface area contributed by atoms with E-state index in [1.54, 1.807) is 7.11 Å². The topological polar surface area (TPSA) is 35.2 Å². The fourth-order valence-electron chi connectivity index (χ4n) is 2.17. The highest BCUT2D eigenvalue weighted by Crippen LogP contribution is 2.53. The molecule has 1 aliphatic rings. The molecule has 1 aliphatic carbocycles. The zero-order valence-electron chi connectivity index (χ0n) is 9.09. The van der Waals surface area contributed by atoms with Gasteiger partial charge in [0.2, 0.25) is 0 Å². The molecule has 3 heteroatoms. The minimum Gasteiger partial charge on any atom is -0.496 e. The summed E-state index contributed by atoms with van der Waals surface area (Å²) in [6, 6.07) is 6.32. The minimum absolute atomic E-state index is 0.148. The third kappa shape index (κ3) is 1.79. The number of benzene rings is 1. The summed E-state index contributed by atoms with van der Waals surface area (Å²) >= 11 is 3.50. The van der Waals surface area contributed by atoms with Crippen molar-refractivity contribution >= 4 is 15.9 Å². The Labute approximate surface area is 98.9 Å². The van der Waals surface area contributed by atoms with Crippen LogP contribution in [0.25, 0.3) is 0 Å². The molecule has 1 aromatic rings. The molecule has 0 spiro atoms. The second-order valence-electron chi connectivity index (χ2n) is 4.29. The summed E-state index contributed by atoms with van der Waals surface area (Å²) in [6.45, 7) is 2.08. The molecule has 1 atom stereocenters. The number of halogens is 1. The second-order valence-corrected chi connectivity index (χ2v) is 5.21. The van der Waals surface area contributed by atoms with Crippen LogP contribution in [0.5, 0.6) is 5.75 Å². The highest BCUT2D eigenvalue weighted by molar-refractivity contribution is 9.10. The largest absolute Gasteiger partial charge is 0.496 e. The van der Waals surface area contributed by atoms with Gasteiger partial charge in [-0.3, -0.25) is 0 Å². The van der Waals surface area contributed by atoms with Gasteiger partial charge in [-0.2, -0.15) is 0 Å². The Hall–Kier alpha value is -0.540. The van der Waals surface area contributed by atoms with E-state index in [0.717, 1.165) is 23.1 Å². The van der Waals surface area contributed by atoms with E-state index in [1.165, 1.54) is 5.56 Å². The van der Waals surface area contributed by atoms with E-state index in [1.807, 2.05) is 12.1 Å². The van der Waals surface area contributed by atoms with Gasteiger partial charge in [-0.1, -0.05) is 15.9 Å². The van der Waals surface area contributed by atoms with Crippen molar-refractivity contribution in [3.05, 3.63) is 28.2 Å². The van der Waals surface area contributed by atoms with Crippen molar-refractivity contribution in [1.82, 2.24) is 0 Å². The molecular formula is C12H16BrNO. The number of ether oxygens (including phenoxy) is 1. The first-order valence-corrected chi connectivity index (χ1v) is 5.99. The molecule has 0 radical (unpaired) electrons. The first kappa shape index (κ1) is 11.0. The van der Waals surface area contributed by atoms with Crippen LogP contribution in [0.4, 0.5) is 0 Å². The molecule has 15 heavy (non-hydrogen) atoms. The Morgan fingerprint density at radius 1 is 1.47 bits per heavy atom. The predicted octanol–water partition coefficient (Wildman–Crippen LogP) is 2.84. The van der Waals surface area contributed by atoms with Crippen LogP contribution in [0.2, 0.25) is 0 Å². The van der Waals surface area contributed by atoms with Gasteiger partial charge in [-0.25, -0.2) is 0 Å². The van der Waals surface area contributed by atoms with Gasteiger partial charge < -0.3 is 10.5 Å². The van der Waals surface area contributed by atoms with Crippen LogP contribution >= 0.6 is 15.9 Å². The lowest BCUT2D eigenvalue weighted by Gasteiger charge is -2.22. The number of methoxy groups -OCH3 is 1. The summed E-state index contributed by atoms with van der Waals surface area (Å²) < 4.78 is 6.49. The van der Waals surface area contributed by atoms with Gasteiger partial charge in [-0.05, 0) is 38.0 Å². The van der Waals surface area contributed by atoms with Crippen molar-refractivity contribution in [2.45, 2.75) is 31.2 Å². The standard InChI is InChI=1S/C12H16BrNO/c1-8(14)12(5-6-12)10-7-9(13)3-4-11(10)15-2/h3-4,7-8H,5-6,14H2,1-2H3. The summed E-state index contributed by atoms with van der Waals surface area (Å²) in [4.78, 5) is 0. The molecule has 0 heterocycles. The highest BCUT2D eigenvalue weighted by atomic mass is 79.9.